The van der Waals surface area contributed by atoms with Crippen LogP contribution in [0.3, 0.4) is 0 Å². The monoisotopic (exact) mass is 379 g/mol. The molecule has 0 spiro atoms. The molecule has 1 aromatic carbocycles. The van der Waals surface area contributed by atoms with Crippen LogP contribution in [0.5, 0.6) is 6.01 Å². The standard InChI is InChI=1S/C17H23ClN6O2/c1-2-26-17-22-15(19-7-8-24-9-11-25-12-10-24)21-16(23-17)20-14-5-3-13(18)4-6-14/h3-6H,2,7-12H2,1H3,(H2,19,20,21,22,23)/p+1. The molecular formula is C17H24ClN6O2+. The van der Waals surface area contributed by atoms with Gasteiger partial charge in [0.1, 0.15) is 13.1 Å². The van der Waals surface area contributed by atoms with E-state index in [1.165, 1.54) is 4.90 Å². The molecule has 0 radical (unpaired) electrons. The molecule has 2 heterocycles. The molecular weight excluding hydrogens is 356 g/mol. The first kappa shape index (κ1) is 18.6. The highest BCUT2D eigenvalue weighted by atomic mass is 35.5. The molecule has 3 rings (SSSR count). The van der Waals surface area contributed by atoms with Crippen LogP contribution in [0, 0.1) is 0 Å². The number of hydrogen-bond donors (Lipinski definition) is 3. The molecule has 2 aromatic rings. The molecule has 0 aliphatic carbocycles. The molecule has 0 unspecified atom stereocenters. The third-order valence-electron chi connectivity index (χ3n) is 3.95. The van der Waals surface area contributed by atoms with Crippen LogP contribution < -0.4 is 20.3 Å². The van der Waals surface area contributed by atoms with Gasteiger partial charge in [0.15, 0.2) is 0 Å². The number of nitrogens with zero attached hydrogens (tertiary/aromatic N) is 3. The van der Waals surface area contributed by atoms with Crippen LogP contribution in [0.2, 0.25) is 5.02 Å². The quantitative estimate of drug-likeness (QED) is 0.630. The molecule has 140 valence electrons. The molecule has 1 aliphatic rings. The fraction of sp³-hybridized carbons (Fsp3) is 0.471. The fourth-order valence-electron chi connectivity index (χ4n) is 2.61. The zero-order chi connectivity index (χ0) is 18.2. The summed E-state index contributed by atoms with van der Waals surface area (Å²) in [6.07, 6.45) is 0. The molecule has 0 amide bonds. The van der Waals surface area contributed by atoms with E-state index in [4.69, 9.17) is 21.1 Å². The number of quaternary nitrogens is 1. The van der Waals surface area contributed by atoms with Crippen molar-refractivity contribution >= 4 is 29.2 Å². The molecule has 26 heavy (non-hydrogen) atoms. The highest BCUT2D eigenvalue weighted by Crippen LogP contribution is 2.18. The molecule has 9 heteroatoms. The second kappa shape index (κ2) is 9.51. The predicted octanol–water partition coefficient (Wildman–Crippen LogP) is 0.994. The van der Waals surface area contributed by atoms with Gasteiger partial charge in [0.2, 0.25) is 11.9 Å². The number of anilines is 3. The molecule has 8 nitrogen and oxygen atoms in total. The van der Waals surface area contributed by atoms with Crippen molar-refractivity contribution in [3.63, 3.8) is 0 Å². The second-order valence-corrected chi connectivity index (χ2v) is 6.31. The van der Waals surface area contributed by atoms with Crippen molar-refractivity contribution in [2.45, 2.75) is 6.92 Å². The SMILES string of the molecule is CCOc1nc(NCC[NH+]2CCOCC2)nc(Nc2ccc(Cl)cc2)n1. The Hall–Kier alpha value is -2.16. The Bertz CT molecular complexity index is 694. The average Bonchev–Trinajstić information content (AvgIpc) is 2.65. The highest BCUT2D eigenvalue weighted by molar-refractivity contribution is 6.30. The topological polar surface area (TPSA) is 85.6 Å². The van der Waals surface area contributed by atoms with E-state index in [1.54, 1.807) is 12.1 Å². The first-order valence-electron chi connectivity index (χ1n) is 8.79. The molecule has 0 bridgehead atoms. The van der Waals surface area contributed by atoms with Crippen LogP contribution >= 0.6 is 11.6 Å². The summed E-state index contributed by atoms with van der Waals surface area (Å²) in [7, 11) is 0. The minimum atomic E-state index is 0.292. The Morgan fingerprint density at radius 3 is 2.58 bits per heavy atom. The lowest BCUT2D eigenvalue weighted by Crippen LogP contribution is -3.14. The van der Waals surface area contributed by atoms with Crippen LogP contribution in [0.1, 0.15) is 6.92 Å². The van der Waals surface area contributed by atoms with Crippen molar-refractivity contribution < 1.29 is 14.4 Å². The van der Waals surface area contributed by atoms with Gasteiger partial charge in [0.25, 0.3) is 0 Å². The molecule has 1 aliphatic heterocycles. The molecule has 1 saturated heterocycles. The fourth-order valence-corrected chi connectivity index (χ4v) is 2.73. The predicted molar refractivity (Wildman–Crippen MR) is 101 cm³/mol. The Morgan fingerprint density at radius 1 is 1.12 bits per heavy atom. The highest BCUT2D eigenvalue weighted by Gasteiger charge is 2.14. The number of morpholine rings is 1. The summed E-state index contributed by atoms with van der Waals surface area (Å²) in [6, 6.07) is 7.63. The van der Waals surface area contributed by atoms with Crippen molar-refractivity contribution in [3.05, 3.63) is 29.3 Å². The smallest absolute Gasteiger partial charge is 0.323 e. The van der Waals surface area contributed by atoms with E-state index in [0.717, 1.165) is 45.1 Å². The number of rotatable bonds is 8. The van der Waals surface area contributed by atoms with Gasteiger partial charge in [-0.25, -0.2) is 0 Å². The normalized spacial score (nSPS) is 14.8. The average molecular weight is 380 g/mol. The molecule has 0 atom stereocenters. The van der Waals surface area contributed by atoms with E-state index >= 15 is 0 Å². The van der Waals surface area contributed by atoms with E-state index in [9.17, 15) is 0 Å². The van der Waals surface area contributed by atoms with Crippen LogP contribution in [0.15, 0.2) is 24.3 Å². The number of nitrogens with one attached hydrogen (secondary N) is 3. The first-order valence-corrected chi connectivity index (χ1v) is 9.17. The van der Waals surface area contributed by atoms with E-state index in [2.05, 4.69) is 25.6 Å². The van der Waals surface area contributed by atoms with Crippen molar-refractivity contribution in [2.24, 2.45) is 0 Å². The number of aromatic nitrogens is 3. The van der Waals surface area contributed by atoms with Gasteiger partial charge < -0.3 is 25.0 Å². The van der Waals surface area contributed by atoms with Crippen molar-refractivity contribution in [3.8, 4) is 6.01 Å². The summed E-state index contributed by atoms with van der Waals surface area (Å²) in [5.74, 6) is 0.916. The molecule has 1 aromatic heterocycles. The zero-order valence-corrected chi connectivity index (χ0v) is 15.6. The lowest BCUT2D eigenvalue weighted by atomic mass is 10.3. The lowest BCUT2D eigenvalue weighted by molar-refractivity contribution is -0.906. The maximum atomic E-state index is 5.92. The number of benzene rings is 1. The van der Waals surface area contributed by atoms with E-state index < -0.39 is 0 Å². The Morgan fingerprint density at radius 2 is 1.85 bits per heavy atom. The van der Waals surface area contributed by atoms with E-state index in [1.807, 2.05) is 19.1 Å². The molecule has 3 N–H and O–H groups in total. The van der Waals surface area contributed by atoms with Gasteiger partial charge in [-0.3, -0.25) is 0 Å². The summed E-state index contributed by atoms with van der Waals surface area (Å²) in [5, 5.41) is 7.08. The maximum absolute atomic E-state index is 5.92. The van der Waals surface area contributed by atoms with Gasteiger partial charge in [0, 0.05) is 10.7 Å². The summed E-state index contributed by atoms with van der Waals surface area (Å²) in [4.78, 5) is 14.5. The van der Waals surface area contributed by atoms with Gasteiger partial charge in [-0.15, -0.1) is 0 Å². The third-order valence-corrected chi connectivity index (χ3v) is 4.20. The first-order chi connectivity index (χ1) is 12.7. The Labute approximate surface area is 157 Å². The number of halogens is 1. The summed E-state index contributed by atoms with van der Waals surface area (Å²) < 4.78 is 10.8. The van der Waals surface area contributed by atoms with Gasteiger partial charge in [-0.05, 0) is 31.2 Å². The number of ether oxygens (including phenoxy) is 2. The van der Waals surface area contributed by atoms with Crippen LogP contribution in [-0.2, 0) is 4.74 Å². The van der Waals surface area contributed by atoms with Gasteiger partial charge >= 0.3 is 6.01 Å². The molecule has 1 fully saturated rings. The largest absolute Gasteiger partial charge is 0.464 e. The Kier molecular flexibility index (Phi) is 6.82. The summed E-state index contributed by atoms with van der Waals surface area (Å²) in [5.41, 5.74) is 0.840. The second-order valence-electron chi connectivity index (χ2n) is 5.87. The molecule has 0 saturated carbocycles. The van der Waals surface area contributed by atoms with E-state index in [0.29, 0.717) is 29.5 Å². The number of hydrogen-bond acceptors (Lipinski definition) is 7. The van der Waals surface area contributed by atoms with Crippen molar-refractivity contribution in [1.82, 2.24) is 15.0 Å². The maximum Gasteiger partial charge on any atom is 0.323 e. The summed E-state index contributed by atoms with van der Waals surface area (Å²) in [6.45, 7) is 7.85. The van der Waals surface area contributed by atoms with Crippen molar-refractivity contribution in [1.29, 1.82) is 0 Å². The van der Waals surface area contributed by atoms with Crippen molar-refractivity contribution in [2.75, 3.05) is 56.6 Å². The van der Waals surface area contributed by atoms with E-state index in [-0.39, 0.29) is 0 Å². The van der Waals surface area contributed by atoms with Crippen LogP contribution in [0.4, 0.5) is 17.6 Å². The van der Waals surface area contributed by atoms with Gasteiger partial charge in [-0.1, -0.05) is 11.6 Å². The third kappa shape index (κ3) is 5.69. The van der Waals surface area contributed by atoms with Gasteiger partial charge in [0.05, 0.1) is 32.9 Å². The minimum absolute atomic E-state index is 0.292. The zero-order valence-electron chi connectivity index (χ0n) is 14.8. The van der Waals surface area contributed by atoms with Crippen LogP contribution in [0.25, 0.3) is 0 Å². The van der Waals surface area contributed by atoms with Crippen LogP contribution in [-0.4, -0.2) is 61.0 Å². The minimum Gasteiger partial charge on any atom is -0.464 e. The summed E-state index contributed by atoms with van der Waals surface area (Å²) >= 11 is 5.92. The lowest BCUT2D eigenvalue weighted by Gasteiger charge is -2.23. The Balaban J connectivity index is 1.63. The van der Waals surface area contributed by atoms with Gasteiger partial charge in [-0.2, -0.15) is 15.0 Å².